The van der Waals surface area contributed by atoms with E-state index in [1.165, 1.54) is 0 Å². The number of anilines is 1. The second kappa shape index (κ2) is 8.95. The molecule has 3 aliphatic heterocycles. The van der Waals surface area contributed by atoms with E-state index in [-0.39, 0.29) is 29.7 Å². The smallest absolute Gasteiger partial charge is 0.253 e. The first-order valence-electron chi connectivity index (χ1n) is 10.8. The van der Waals surface area contributed by atoms with Crippen molar-refractivity contribution in [1.82, 2.24) is 15.5 Å². The summed E-state index contributed by atoms with van der Waals surface area (Å²) in [5, 5.41) is 6.28. The average Bonchev–Trinajstić information content (AvgIpc) is 3.44. The lowest BCUT2D eigenvalue weighted by Crippen LogP contribution is -2.46. The van der Waals surface area contributed by atoms with Crippen LogP contribution < -0.4 is 15.5 Å². The molecule has 3 heterocycles. The number of carbonyl (C=O) groups is 3. The van der Waals surface area contributed by atoms with Crippen LogP contribution >= 0.6 is 0 Å². The second-order valence-electron chi connectivity index (χ2n) is 8.35. The van der Waals surface area contributed by atoms with E-state index in [4.69, 9.17) is 0 Å². The number of carbonyl (C=O) groups excluding carboxylic acids is 3. The molecule has 29 heavy (non-hydrogen) atoms. The summed E-state index contributed by atoms with van der Waals surface area (Å²) >= 11 is 0. The Morgan fingerprint density at radius 3 is 2.79 bits per heavy atom. The van der Waals surface area contributed by atoms with Crippen LogP contribution in [-0.4, -0.2) is 61.4 Å². The number of hydrogen-bond acceptors (Lipinski definition) is 4. The highest BCUT2D eigenvalue weighted by Gasteiger charge is 2.28. The van der Waals surface area contributed by atoms with Crippen LogP contribution in [0.15, 0.2) is 24.3 Å². The molecule has 2 atom stereocenters. The number of amides is 3. The molecule has 2 unspecified atom stereocenters. The van der Waals surface area contributed by atoms with Crippen LogP contribution in [0, 0.1) is 5.92 Å². The maximum atomic E-state index is 13.1. The van der Waals surface area contributed by atoms with Gasteiger partial charge < -0.3 is 20.4 Å². The van der Waals surface area contributed by atoms with Crippen LogP contribution in [0.2, 0.25) is 0 Å². The molecule has 0 radical (unpaired) electrons. The van der Waals surface area contributed by atoms with E-state index in [0.717, 1.165) is 57.4 Å². The van der Waals surface area contributed by atoms with Crippen molar-refractivity contribution in [3.05, 3.63) is 29.8 Å². The van der Waals surface area contributed by atoms with E-state index < -0.39 is 0 Å². The van der Waals surface area contributed by atoms with Crippen LogP contribution in [0.25, 0.3) is 0 Å². The van der Waals surface area contributed by atoms with Gasteiger partial charge in [-0.05, 0) is 62.8 Å². The first kappa shape index (κ1) is 19.9. The molecule has 1 aromatic carbocycles. The Balaban J connectivity index is 1.35. The van der Waals surface area contributed by atoms with E-state index in [0.29, 0.717) is 25.1 Å². The lowest BCUT2D eigenvalue weighted by atomic mass is 9.97. The molecule has 3 aliphatic rings. The Morgan fingerprint density at radius 2 is 2.03 bits per heavy atom. The first-order valence-corrected chi connectivity index (χ1v) is 10.8. The summed E-state index contributed by atoms with van der Waals surface area (Å²) in [5.74, 6) is 0.488. The summed E-state index contributed by atoms with van der Waals surface area (Å²) in [5.41, 5.74) is 1.44. The fourth-order valence-corrected chi connectivity index (χ4v) is 4.60. The van der Waals surface area contributed by atoms with Crippen molar-refractivity contribution in [3.8, 4) is 0 Å². The van der Waals surface area contributed by atoms with E-state index >= 15 is 0 Å². The van der Waals surface area contributed by atoms with Gasteiger partial charge >= 0.3 is 0 Å². The molecule has 3 fully saturated rings. The summed E-state index contributed by atoms with van der Waals surface area (Å²) in [6.45, 7) is 3.64. The van der Waals surface area contributed by atoms with E-state index in [9.17, 15) is 14.4 Å². The molecule has 7 nitrogen and oxygen atoms in total. The Morgan fingerprint density at radius 1 is 1.14 bits per heavy atom. The van der Waals surface area contributed by atoms with Gasteiger partial charge in [-0.25, -0.2) is 0 Å². The predicted molar refractivity (Wildman–Crippen MR) is 111 cm³/mol. The molecule has 3 saturated heterocycles. The normalized spacial score (nSPS) is 24.8. The van der Waals surface area contributed by atoms with Crippen LogP contribution in [0.4, 0.5) is 5.69 Å². The Labute approximate surface area is 171 Å². The summed E-state index contributed by atoms with van der Waals surface area (Å²) in [4.78, 5) is 41.0. The van der Waals surface area contributed by atoms with Crippen LogP contribution in [0.1, 0.15) is 48.9 Å². The van der Waals surface area contributed by atoms with Crippen molar-refractivity contribution in [3.63, 3.8) is 0 Å². The third kappa shape index (κ3) is 4.61. The van der Waals surface area contributed by atoms with Crippen LogP contribution in [-0.2, 0) is 9.59 Å². The lowest BCUT2D eigenvalue weighted by Gasteiger charge is -2.33. The van der Waals surface area contributed by atoms with Crippen LogP contribution in [0.5, 0.6) is 0 Å². The molecule has 0 spiro atoms. The highest BCUT2D eigenvalue weighted by atomic mass is 16.2. The van der Waals surface area contributed by atoms with Crippen molar-refractivity contribution in [2.45, 2.75) is 44.6 Å². The topological polar surface area (TPSA) is 81.8 Å². The van der Waals surface area contributed by atoms with Crippen molar-refractivity contribution in [2.75, 3.05) is 37.6 Å². The molecule has 4 rings (SSSR count). The number of nitrogens with zero attached hydrogens (tertiary/aromatic N) is 2. The SMILES string of the molecule is O=C(NCC1CCCN(C(=O)c2cccc(N3CCCC3=O)c2)C1)C1CCCN1. The number of rotatable bonds is 5. The molecule has 2 N–H and O–H groups in total. The molecular formula is C22H30N4O3. The standard InChI is InChI=1S/C22H30N4O3/c27-20-9-4-12-26(20)18-7-1-6-17(13-18)22(29)25-11-3-5-16(15-25)14-24-21(28)19-8-2-10-23-19/h1,6-7,13,16,19,23H,2-5,8-12,14-15H2,(H,24,28). The monoisotopic (exact) mass is 398 g/mol. The van der Waals surface area contributed by atoms with Gasteiger partial charge in [0.15, 0.2) is 0 Å². The third-order valence-corrected chi connectivity index (χ3v) is 6.23. The number of piperidine rings is 1. The maximum Gasteiger partial charge on any atom is 0.253 e. The van der Waals surface area contributed by atoms with Crippen molar-refractivity contribution < 1.29 is 14.4 Å². The fraction of sp³-hybridized carbons (Fsp3) is 0.591. The predicted octanol–water partition coefficient (Wildman–Crippen LogP) is 1.53. The molecule has 0 bridgehead atoms. The first-order chi connectivity index (χ1) is 14.1. The molecule has 156 valence electrons. The van der Waals surface area contributed by atoms with E-state index in [2.05, 4.69) is 10.6 Å². The van der Waals surface area contributed by atoms with Crippen molar-refractivity contribution in [1.29, 1.82) is 0 Å². The molecule has 1 aromatic rings. The van der Waals surface area contributed by atoms with E-state index in [1.807, 2.05) is 29.2 Å². The number of benzene rings is 1. The minimum Gasteiger partial charge on any atom is -0.354 e. The Hall–Kier alpha value is -2.41. The van der Waals surface area contributed by atoms with Gasteiger partial charge in [0.25, 0.3) is 5.91 Å². The highest BCUT2D eigenvalue weighted by Crippen LogP contribution is 2.24. The van der Waals surface area contributed by atoms with Crippen LogP contribution in [0.3, 0.4) is 0 Å². The molecule has 0 aliphatic carbocycles. The number of likely N-dealkylation sites (tertiary alicyclic amines) is 1. The average molecular weight is 399 g/mol. The zero-order valence-electron chi connectivity index (χ0n) is 16.9. The van der Waals surface area contributed by atoms with Crippen molar-refractivity contribution >= 4 is 23.4 Å². The minimum atomic E-state index is -0.0626. The maximum absolute atomic E-state index is 13.1. The van der Waals surface area contributed by atoms with Gasteiger partial charge in [-0.1, -0.05) is 6.07 Å². The van der Waals surface area contributed by atoms with Gasteiger partial charge in [-0.3, -0.25) is 14.4 Å². The summed E-state index contributed by atoms with van der Waals surface area (Å²) in [6.07, 6.45) is 5.35. The quantitative estimate of drug-likeness (QED) is 0.788. The Kier molecular flexibility index (Phi) is 6.13. The Bertz CT molecular complexity index is 775. The highest BCUT2D eigenvalue weighted by molar-refractivity contribution is 5.99. The van der Waals surface area contributed by atoms with Gasteiger partial charge in [-0.2, -0.15) is 0 Å². The fourth-order valence-electron chi connectivity index (χ4n) is 4.60. The lowest BCUT2D eigenvalue weighted by molar-refractivity contribution is -0.123. The number of nitrogens with one attached hydrogen (secondary N) is 2. The largest absolute Gasteiger partial charge is 0.354 e. The molecule has 3 amide bonds. The van der Waals surface area contributed by atoms with E-state index in [1.54, 1.807) is 4.90 Å². The van der Waals surface area contributed by atoms with Gasteiger partial charge in [0.2, 0.25) is 11.8 Å². The minimum absolute atomic E-state index is 0.00646. The molecule has 0 saturated carbocycles. The van der Waals surface area contributed by atoms with Gasteiger partial charge in [0, 0.05) is 43.9 Å². The summed E-state index contributed by atoms with van der Waals surface area (Å²) in [7, 11) is 0. The second-order valence-corrected chi connectivity index (χ2v) is 8.35. The zero-order valence-corrected chi connectivity index (χ0v) is 16.9. The zero-order chi connectivity index (χ0) is 20.2. The third-order valence-electron chi connectivity index (χ3n) is 6.23. The molecule has 0 aromatic heterocycles. The van der Waals surface area contributed by atoms with Gasteiger partial charge in [-0.15, -0.1) is 0 Å². The molecular weight excluding hydrogens is 368 g/mol. The van der Waals surface area contributed by atoms with Gasteiger partial charge in [0.05, 0.1) is 6.04 Å². The summed E-state index contributed by atoms with van der Waals surface area (Å²) < 4.78 is 0. The molecule has 7 heteroatoms. The van der Waals surface area contributed by atoms with Gasteiger partial charge in [0.1, 0.15) is 0 Å². The number of hydrogen-bond donors (Lipinski definition) is 2. The van der Waals surface area contributed by atoms with Crippen molar-refractivity contribution in [2.24, 2.45) is 5.92 Å². The summed E-state index contributed by atoms with van der Waals surface area (Å²) in [6, 6.07) is 7.34.